The molecule has 0 unspecified atom stereocenters. The topological polar surface area (TPSA) is 18.5 Å². The molecular formula is C10H8BFO2S. The first kappa shape index (κ1) is 9.33. The molecule has 3 rings (SSSR count). The fourth-order valence-electron chi connectivity index (χ4n) is 1.76. The SMILES string of the molecule is Fc1cccc2c(B3OCCO3)csc12. The van der Waals surface area contributed by atoms with Crippen molar-refractivity contribution in [2.75, 3.05) is 13.2 Å². The minimum absolute atomic E-state index is 0.179. The molecule has 0 N–H and O–H groups in total. The summed E-state index contributed by atoms with van der Waals surface area (Å²) in [6.45, 7) is 1.22. The molecule has 2 nitrogen and oxygen atoms in total. The van der Waals surface area contributed by atoms with E-state index in [0.29, 0.717) is 17.9 Å². The molecule has 0 amide bonds. The molecule has 0 aliphatic carbocycles. The number of hydrogen-bond acceptors (Lipinski definition) is 3. The van der Waals surface area contributed by atoms with Gasteiger partial charge in [-0.05, 0) is 16.8 Å². The normalized spacial score (nSPS) is 16.5. The van der Waals surface area contributed by atoms with Gasteiger partial charge >= 0.3 is 7.12 Å². The second kappa shape index (κ2) is 3.59. The highest BCUT2D eigenvalue weighted by Crippen LogP contribution is 2.23. The van der Waals surface area contributed by atoms with Crippen LogP contribution in [0.1, 0.15) is 0 Å². The van der Waals surface area contributed by atoms with E-state index in [2.05, 4.69) is 0 Å². The Balaban J connectivity index is 2.15. The molecule has 0 bridgehead atoms. The van der Waals surface area contributed by atoms with E-state index in [4.69, 9.17) is 9.31 Å². The number of fused-ring (bicyclic) bond motifs is 1. The zero-order valence-electron chi connectivity index (χ0n) is 7.90. The van der Waals surface area contributed by atoms with E-state index in [1.54, 1.807) is 6.07 Å². The van der Waals surface area contributed by atoms with Gasteiger partial charge in [0.1, 0.15) is 5.82 Å². The molecule has 15 heavy (non-hydrogen) atoms. The first-order valence-electron chi connectivity index (χ1n) is 4.75. The van der Waals surface area contributed by atoms with Crippen molar-refractivity contribution in [3.8, 4) is 0 Å². The van der Waals surface area contributed by atoms with Crippen molar-refractivity contribution in [3.63, 3.8) is 0 Å². The smallest absolute Gasteiger partial charge is 0.405 e. The first-order valence-corrected chi connectivity index (χ1v) is 5.63. The number of thiophene rings is 1. The van der Waals surface area contributed by atoms with Gasteiger partial charge in [-0.2, -0.15) is 0 Å². The van der Waals surface area contributed by atoms with Crippen molar-refractivity contribution in [1.29, 1.82) is 0 Å². The van der Waals surface area contributed by atoms with E-state index in [1.165, 1.54) is 17.4 Å². The van der Waals surface area contributed by atoms with E-state index in [1.807, 2.05) is 11.4 Å². The Morgan fingerprint density at radius 1 is 1.27 bits per heavy atom. The molecule has 1 saturated heterocycles. The summed E-state index contributed by atoms with van der Waals surface area (Å²) >= 11 is 1.39. The highest BCUT2D eigenvalue weighted by molar-refractivity contribution is 7.18. The van der Waals surface area contributed by atoms with Gasteiger partial charge in [-0.1, -0.05) is 12.1 Å². The van der Waals surface area contributed by atoms with E-state index >= 15 is 0 Å². The van der Waals surface area contributed by atoms with Crippen molar-refractivity contribution < 1.29 is 13.7 Å². The largest absolute Gasteiger partial charge is 0.495 e. The van der Waals surface area contributed by atoms with E-state index in [-0.39, 0.29) is 12.9 Å². The van der Waals surface area contributed by atoms with Crippen LogP contribution in [0.4, 0.5) is 4.39 Å². The maximum Gasteiger partial charge on any atom is 0.495 e. The summed E-state index contributed by atoms with van der Waals surface area (Å²) in [6.07, 6.45) is 0. The Kier molecular flexibility index (Phi) is 2.23. The molecule has 1 aliphatic rings. The summed E-state index contributed by atoms with van der Waals surface area (Å²) in [6, 6.07) is 5.08. The van der Waals surface area contributed by atoms with Gasteiger partial charge in [0, 0.05) is 5.46 Å². The third-order valence-corrected chi connectivity index (χ3v) is 3.48. The lowest BCUT2D eigenvalue weighted by molar-refractivity contribution is 0.365. The molecule has 2 heterocycles. The second-order valence-corrected chi connectivity index (χ2v) is 4.26. The molecule has 2 aromatic rings. The van der Waals surface area contributed by atoms with Crippen LogP contribution in [0.3, 0.4) is 0 Å². The van der Waals surface area contributed by atoms with Crippen molar-refractivity contribution in [3.05, 3.63) is 29.4 Å². The minimum Gasteiger partial charge on any atom is -0.405 e. The first-order chi connectivity index (χ1) is 7.36. The predicted octanol–water partition coefficient (Wildman–Crippen LogP) is 1.78. The number of benzene rings is 1. The van der Waals surface area contributed by atoms with Crippen molar-refractivity contribution in [2.24, 2.45) is 0 Å². The molecule has 76 valence electrons. The van der Waals surface area contributed by atoms with Gasteiger partial charge in [0.2, 0.25) is 0 Å². The van der Waals surface area contributed by atoms with Crippen LogP contribution in [-0.4, -0.2) is 20.3 Å². The third-order valence-electron chi connectivity index (χ3n) is 2.46. The van der Waals surface area contributed by atoms with E-state index in [9.17, 15) is 4.39 Å². The highest BCUT2D eigenvalue weighted by Gasteiger charge is 2.29. The third kappa shape index (κ3) is 1.47. The molecule has 0 atom stereocenters. The standard InChI is InChI=1S/C10H8BFO2S/c12-9-3-1-2-7-8(6-15-10(7)9)11-13-4-5-14-11/h1-3,6H,4-5H2. The van der Waals surface area contributed by atoms with E-state index < -0.39 is 0 Å². The average Bonchev–Trinajstić information content (AvgIpc) is 2.85. The summed E-state index contributed by atoms with van der Waals surface area (Å²) in [5.74, 6) is -0.179. The van der Waals surface area contributed by atoms with E-state index in [0.717, 1.165) is 10.8 Å². The summed E-state index contributed by atoms with van der Waals surface area (Å²) in [7, 11) is -0.319. The Morgan fingerprint density at radius 2 is 2.07 bits per heavy atom. The summed E-state index contributed by atoms with van der Waals surface area (Å²) in [4.78, 5) is 0. The summed E-state index contributed by atoms with van der Waals surface area (Å²) in [5.41, 5.74) is 0.937. The van der Waals surface area contributed by atoms with Crippen LogP contribution in [0.15, 0.2) is 23.6 Å². The van der Waals surface area contributed by atoms with Gasteiger partial charge in [0.25, 0.3) is 0 Å². The molecule has 0 spiro atoms. The zero-order chi connectivity index (χ0) is 10.3. The predicted molar refractivity (Wildman–Crippen MR) is 59.1 cm³/mol. The van der Waals surface area contributed by atoms with Crippen molar-refractivity contribution >= 4 is 34.0 Å². The van der Waals surface area contributed by atoms with Crippen LogP contribution < -0.4 is 5.46 Å². The van der Waals surface area contributed by atoms with Crippen LogP contribution >= 0.6 is 11.3 Å². The summed E-state index contributed by atoms with van der Waals surface area (Å²) < 4.78 is 24.9. The molecule has 0 radical (unpaired) electrons. The molecule has 1 aliphatic heterocycles. The van der Waals surface area contributed by atoms with Crippen LogP contribution in [0.5, 0.6) is 0 Å². The van der Waals surface area contributed by atoms with Crippen LogP contribution in [0, 0.1) is 5.82 Å². The highest BCUT2D eigenvalue weighted by atomic mass is 32.1. The van der Waals surface area contributed by atoms with Crippen LogP contribution in [0.25, 0.3) is 10.1 Å². The Morgan fingerprint density at radius 3 is 2.87 bits per heavy atom. The number of halogens is 1. The fraction of sp³-hybridized carbons (Fsp3) is 0.200. The fourth-order valence-corrected chi connectivity index (χ4v) is 2.74. The van der Waals surface area contributed by atoms with Gasteiger partial charge in [-0.15, -0.1) is 11.3 Å². The molecule has 0 saturated carbocycles. The van der Waals surface area contributed by atoms with Crippen LogP contribution in [-0.2, 0) is 9.31 Å². The van der Waals surface area contributed by atoms with Crippen LogP contribution in [0.2, 0.25) is 0 Å². The van der Waals surface area contributed by atoms with Crippen molar-refractivity contribution in [1.82, 2.24) is 0 Å². The van der Waals surface area contributed by atoms with Gasteiger partial charge in [0.05, 0.1) is 17.9 Å². The quantitative estimate of drug-likeness (QED) is 0.684. The minimum atomic E-state index is -0.319. The lowest BCUT2D eigenvalue weighted by Gasteiger charge is -2.01. The summed E-state index contributed by atoms with van der Waals surface area (Å²) in [5, 5.41) is 2.80. The Bertz CT molecular complexity index is 493. The second-order valence-electron chi connectivity index (χ2n) is 3.38. The Hall–Kier alpha value is -0.905. The van der Waals surface area contributed by atoms with Gasteiger partial charge in [-0.3, -0.25) is 0 Å². The molecule has 1 aromatic heterocycles. The Labute approximate surface area is 90.8 Å². The van der Waals surface area contributed by atoms with Crippen molar-refractivity contribution in [2.45, 2.75) is 0 Å². The molecule has 5 heteroatoms. The average molecular weight is 222 g/mol. The molecule has 1 aromatic carbocycles. The maximum atomic E-state index is 13.4. The van der Waals surface area contributed by atoms with Gasteiger partial charge < -0.3 is 9.31 Å². The lowest BCUT2D eigenvalue weighted by atomic mass is 9.79. The molecule has 1 fully saturated rings. The maximum absolute atomic E-state index is 13.4. The number of rotatable bonds is 1. The van der Waals surface area contributed by atoms with Gasteiger partial charge in [0.15, 0.2) is 0 Å². The molecular weight excluding hydrogens is 214 g/mol. The number of hydrogen-bond donors (Lipinski definition) is 0. The zero-order valence-corrected chi connectivity index (χ0v) is 8.72. The van der Waals surface area contributed by atoms with Gasteiger partial charge in [-0.25, -0.2) is 4.39 Å². The lowest BCUT2D eigenvalue weighted by Crippen LogP contribution is -2.30. The monoisotopic (exact) mass is 222 g/mol.